The first-order chi connectivity index (χ1) is 18.8. The number of hydrogen-bond acceptors (Lipinski definition) is 8. The summed E-state index contributed by atoms with van der Waals surface area (Å²) < 4.78 is 41.2. The van der Waals surface area contributed by atoms with Crippen molar-refractivity contribution in [3.63, 3.8) is 0 Å². The van der Waals surface area contributed by atoms with Crippen molar-refractivity contribution in [2.24, 2.45) is 5.92 Å². The van der Waals surface area contributed by atoms with Gasteiger partial charge in [-0.3, -0.25) is 9.69 Å². The highest BCUT2D eigenvalue weighted by molar-refractivity contribution is 5.79. The fraction of sp³-hybridized carbons (Fsp3) is 0.519. The highest BCUT2D eigenvalue weighted by Gasteiger charge is 2.37. The number of amides is 1. The van der Waals surface area contributed by atoms with Gasteiger partial charge in [-0.2, -0.15) is 23.7 Å². The minimum Gasteiger partial charge on any atom is -0.356 e. The smallest absolute Gasteiger partial charge is 0.356 e. The third-order valence-electron chi connectivity index (χ3n) is 7.10. The van der Waals surface area contributed by atoms with E-state index in [1.54, 1.807) is 23.1 Å². The Hall–Kier alpha value is -3.90. The number of nitrogens with zero attached hydrogens (tertiary/aromatic N) is 7. The van der Waals surface area contributed by atoms with Crippen molar-refractivity contribution < 1.29 is 18.0 Å². The Kier molecular flexibility index (Phi) is 9.20. The fourth-order valence-electron chi connectivity index (χ4n) is 4.90. The summed E-state index contributed by atoms with van der Waals surface area (Å²) in [5, 5.41) is 20.6. The molecule has 1 N–H and O–H groups in total. The first-order valence-corrected chi connectivity index (χ1v) is 13.1. The van der Waals surface area contributed by atoms with Gasteiger partial charge in [0.05, 0.1) is 23.6 Å². The molecule has 0 radical (unpaired) electrons. The van der Waals surface area contributed by atoms with Crippen LogP contribution in [0.25, 0.3) is 0 Å². The van der Waals surface area contributed by atoms with Gasteiger partial charge in [-0.1, -0.05) is 12.1 Å². The predicted octanol–water partition coefficient (Wildman–Crippen LogP) is 2.98. The van der Waals surface area contributed by atoms with Crippen molar-refractivity contribution in [1.82, 2.24) is 20.2 Å². The molecule has 39 heavy (non-hydrogen) atoms. The number of benzene rings is 1. The van der Waals surface area contributed by atoms with Gasteiger partial charge in [-0.15, -0.1) is 0 Å². The lowest BCUT2D eigenvalue weighted by molar-refractivity contribution is -0.144. The second kappa shape index (κ2) is 12.8. The Morgan fingerprint density at radius 2 is 1.72 bits per heavy atom. The molecule has 2 fully saturated rings. The van der Waals surface area contributed by atoms with Gasteiger partial charge in [0.1, 0.15) is 11.6 Å². The predicted molar refractivity (Wildman–Crippen MR) is 139 cm³/mol. The molecule has 206 valence electrons. The van der Waals surface area contributed by atoms with Crippen LogP contribution in [0.3, 0.4) is 0 Å². The van der Waals surface area contributed by atoms with E-state index < -0.39 is 12.0 Å². The van der Waals surface area contributed by atoms with Crippen LogP contribution in [-0.2, 0) is 17.4 Å². The standard InChI is InChI=1S/C27H31F3N8O/c28-27(29,30)26-34-23(37-15-13-36(14-16-37)11-2-9-31)17-24(35-26)38-12-1-3-22(19-38)25(39)33-10-8-20-4-6-21(18-32)7-5-20/h4-7,17,22H,1-3,8,10-16,19H2,(H,33,39). The Labute approximate surface area is 225 Å². The van der Waals surface area contributed by atoms with Crippen molar-refractivity contribution in [1.29, 1.82) is 10.5 Å². The van der Waals surface area contributed by atoms with Gasteiger partial charge in [-0.05, 0) is 37.0 Å². The maximum atomic E-state index is 13.7. The molecule has 2 aromatic rings. The summed E-state index contributed by atoms with van der Waals surface area (Å²) >= 11 is 0. The third kappa shape index (κ3) is 7.58. The highest BCUT2D eigenvalue weighted by Crippen LogP contribution is 2.32. The average Bonchev–Trinajstić information content (AvgIpc) is 2.96. The first kappa shape index (κ1) is 28.1. The molecule has 12 heteroatoms. The molecule has 2 aliphatic rings. The van der Waals surface area contributed by atoms with Crippen molar-refractivity contribution in [2.45, 2.75) is 31.9 Å². The lowest BCUT2D eigenvalue weighted by Gasteiger charge is -2.36. The lowest BCUT2D eigenvalue weighted by atomic mass is 9.97. The SMILES string of the molecule is N#CCCN1CCN(c2cc(N3CCCC(C(=O)NCCc4ccc(C#N)cc4)C3)nc(C(F)(F)F)n2)CC1. The molecule has 3 heterocycles. The maximum Gasteiger partial charge on any atom is 0.451 e. The van der Waals surface area contributed by atoms with Crippen molar-refractivity contribution in [2.75, 3.05) is 62.2 Å². The van der Waals surface area contributed by atoms with Crippen LogP contribution < -0.4 is 15.1 Å². The van der Waals surface area contributed by atoms with Gasteiger partial charge in [0, 0.05) is 64.8 Å². The first-order valence-electron chi connectivity index (χ1n) is 13.1. The quantitative estimate of drug-likeness (QED) is 0.544. The van der Waals surface area contributed by atoms with Crippen LogP contribution in [0.4, 0.5) is 24.8 Å². The summed E-state index contributed by atoms with van der Waals surface area (Å²) in [6.07, 6.45) is -2.37. The Morgan fingerprint density at radius 1 is 1.03 bits per heavy atom. The van der Waals surface area contributed by atoms with E-state index in [0.717, 1.165) is 5.56 Å². The van der Waals surface area contributed by atoms with E-state index in [1.807, 2.05) is 17.0 Å². The molecule has 1 aromatic heterocycles. The number of carbonyl (C=O) groups excluding carboxylic acids is 1. The fourth-order valence-corrected chi connectivity index (χ4v) is 4.90. The molecule has 0 saturated carbocycles. The van der Waals surface area contributed by atoms with Crippen LogP contribution in [0.1, 0.15) is 36.2 Å². The molecule has 0 bridgehead atoms. The van der Waals surface area contributed by atoms with Gasteiger partial charge < -0.3 is 15.1 Å². The molecule has 1 atom stereocenters. The van der Waals surface area contributed by atoms with Crippen LogP contribution in [0.5, 0.6) is 0 Å². The van der Waals surface area contributed by atoms with Gasteiger partial charge >= 0.3 is 6.18 Å². The number of carbonyl (C=O) groups is 1. The topological polar surface area (TPSA) is 112 Å². The highest BCUT2D eigenvalue weighted by atomic mass is 19.4. The summed E-state index contributed by atoms with van der Waals surface area (Å²) in [4.78, 5) is 26.3. The zero-order valence-corrected chi connectivity index (χ0v) is 21.6. The van der Waals surface area contributed by atoms with Gasteiger partial charge in [0.2, 0.25) is 11.7 Å². The molecule has 0 aliphatic carbocycles. The van der Waals surface area contributed by atoms with E-state index in [-0.39, 0.29) is 30.0 Å². The van der Waals surface area contributed by atoms with Crippen molar-refractivity contribution in [3.8, 4) is 12.1 Å². The summed E-state index contributed by atoms with van der Waals surface area (Å²) in [7, 11) is 0. The van der Waals surface area contributed by atoms with Crippen LogP contribution in [0.2, 0.25) is 0 Å². The third-order valence-corrected chi connectivity index (χ3v) is 7.10. The van der Waals surface area contributed by atoms with E-state index in [0.29, 0.717) is 77.1 Å². The second-order valence-electron chi connectivity index (χ2n) is 9.78. The van der Waals surface area contributed by atoms with Crippen LogP contribution in [0, 0.1) is 28.6 Å². The number of nitrogens with one attached hydrogen (secondary N) is 1. The summed E-state index contributed by atoms with van der Waals surface area (Å²) in [6, 6.07) is 12.9. The molecule has 4 rings (SSSR count). The molecule has 2 saturated heterocycles. The van der Waals surface area contributed by atoms with E-state index in [1.165, 1.54) is 0 Å². The van der Waals surface area contributed by atoms with Crippen LogP contribution >= 0.6 is 0 Å². The van der Waals surface area contributed by atoms with E-state index in [4.69, 9.17) is 10.5 Å². The Balaban J connectivity index is 1.40. The number of hydrogen-bond donors (Lipinski definition) is 1. The zero-order valence-electron chi connectivity index (χ0n) is 21.6. The molecular weight excluding hydrogens is 509 g/mol. The molecule has 1 unspecified atom stereocenters. The number of halogens is 3. The van der Waals surface area contributed by atoms with Crippen molar-refractivity contribution in [3.05, 3.63) is 47.3 Å². The van der Waals surface area contributed by atoms with Gasteiger partial charge in [0.15, 0.2) is 0 Å². The van der Waals surface area contributed by atoms with E-state index in [2.05, 4.69) is 32.3 Å². The number of rotatable bonds is 8. The Morgan fingerprint density at radius 3 is 2.36 bits per heavy atom. The molecule has 9 nitrogen and oxygen atoms in total. The van der Waals surface area contributed by atoms with Crippen LogP contribution in [0.15, 0.2) is 30.3 Å². The van der Waals surface area contributed by atoms with E-state index >= 15 is 0 Å². The van der Waals surface area contributed by atoms with Crippen LogP contribution in [-0.4, -0.2) is 73.1 Å². The minimum absolute atomic E-state index is 0.132. The maximum absolute atomic E-state index is 13.7. The molecule has 1 amide bonds. The van der Waals surface area contributed by atoms with Gasteiger partial charge in [-0.25, -0.2) is 9.97 Å². The number of piperidine rings is 1. The monoisotopic (exact) mass is 540 g/mol. The number of piperazine rings is 1. The molecule has 2 aliphatic heterocycles. The normalized spacial score (nSPS) is 18.3. The molecule has 1 aromatic carbocycles. The molecular formula is C27H31F3N8O. The summed E-state index contributed by atoms with van der Waals surface area (Å²) in [6.45, 7) is 4.12. The van der Waals surface area contributed by atoms with E-state index in [9.17, 15) is 18.0 Å². The Bertz CT molecular complexity index is 1210. The summed E-state index contributed by atoms with van der Waals surface area (Å²) in [5.74, 6) is -1.28. The number of anilines is 2. The lowest BCUT2D eigenvalue weighted by Crippen LogP contribution is -2.47. The second-order valence-corrected chi connectivity index (χ2v) is 9.78. The molecule has 0 spiro atoms. The zero-order chi connectivity index (χ0) is 27.8. The number of nitriles is 2. The number of aromatic nitrogens is 2. The van der Waals surface area contributed by atoms with Gasteiger partial charge in [0.25, 0.3) is 0 Å². The minimum atomic E-state index is -4.70. The summed E-state index contributed by atoms with van der Waals surface area (Å²) in [5.41, 5.74) is 1.57. The largest absolute Gasteiger partial charge is 0.451 e. The van der Waals surface area contributed by atoms with Crippen molar-refractivity contribution >= 4 is 17.5 Å². The average molecular weight is 541 g/mol. The number of alkyl halides is 3.